The lowest BCUT2D eigenvalue weighted by molar-refractivity contribution is 0.481. The quantitative estimate of drug-likeness (QED) is 0.707. The van der Waals surface area contributed by atoms with E-state index in [4.69, 9.17) is 0 Å². The fraction of sp³-hybridized carbons (Fsp3) is 0. The molecule has 3 aromatic carbocycles. The summed E-state index contributed by atoms with van der Waals surface area (Å²) in [7, 11) is -2.42. The van der Waals surface area contributed by atoms with Crippen LogP contribution in [-0.4, -0.2) is 10.00 Å². The molecule has 20 heavy (non-hydrogen) atoms. The lowest BCUT2D eigenvalue weighted by atomic mass is 9.98. The molecular weight excluding hydrogens is 271 g/mol. The van der Waals surface area contributed by atoms with E-state index in [1.807, 2.05) is 36.4 Å². The third-order valence-corrected chi connectivity index (χ3v) is 4.10. The Hall–Kier alpha value is -2.22. The molecular formula is C16H12O3P+. The van der Waals surface area contributed by atoms with Crippen molar-refractivity contribution in [1.29, 1.82) is 0 Å². The normalized spacial score (nSPS) is 11.6. The topological polar surface area (TPSA) is 57.5 Å². The minimum absolute atomic E-state index is 0.204. The van der Waals surface area contributed by atoms with Gasteiger partial charge in [0.05, 0.1) is 0 Å². The Bertz CT molecular complexity index is 812. The molecule has 0 bridgehead atoms. The predicted octanol–water partition coefficient (Wildman–Crippen LogP) is 3.57. The Labute approximate surface area is 117 Å². The fourth-order valence-corrected chi connectivity index (χ4v) is 3.00. The molecule has 4 heteroatoms. The van der Waals surface area contributed by atoms with Crippen LogP contribution in [0.3, 0.4) is 0 Å². The summed E-state index contributed by atoms with van der Waals surface area (Å²) in [6.45, 7) is 0. The molecule has 0 aliphatic carbocycles. The second-order valence-electron chi connectivity index (χ2n) is 4.47. The molecule has 0 aromatic heterocycles. The summed E-state index contributed by atoms with van der Waals surface area (Å²) in [4.78, 5) is 9.45. The Kier molecular flexibility index (Phi) is 3.23. The van der Waals surface area contributed by atoms with Crippen LogP contribution in [0, 0.1) is 0 Å². The molecule has 3 aromatic rings. The van der Waals surface area contributed by atoms with E-state index >= 15 is 0 Å². The van der Waals surface area contributed by atoms with Gasteiger partial charge in [-0.2, -0.15) is 4.89 Å². The molecule has 0 spiro atoms. The van der Waals surface area contributed by atoms with Gasteiger partial charge in [0.2, 0.25) is 5.30 Å². The van der Waals surface area contributed by atoms with Crippen molar-refractivity contribution in [2.24, 2.45) is 0 Å². The SMILES string of the molecule is O=[P+](O)c1ccccc1-c1ccc(O)c2ccccc12. The molecule has 0 saturated carbocycles. The molecule has 0 radical (unpaired) electrons. The summed E-state index contributed by atoms with van der Waals surface area (Å²) in [5.41, 5.74) is 1.55. The van der Waals surface area contributed by atoms with E-state index in [9.17, 15) is 14.6 Å². The summed E-state index contributed by atoms with van der Waals surface area (Å²) in [6.07, 6.45) is 0. The van der Waals surface area contributed by atoms with Gasteiger partial charge in [-0.25, -0.2) is 0 Å². The van der Waals surface area contributed by atoms with Gasteiger partial charge < -0.3 is 5.11 Å². The monoisotopic (exact) mass is 283 g/mol. The minimum atomic E-state index is -2.42. The summed E-state index contributed by atoms with van der Waals surface area (Å²) < 4.78 is 11.5. The van der Waals surface area contributed by atoms with Crippen LogP contribution in [0.15, 0.2) is 60.7 Å². The van der Waals surface area contributed by atoms with Crippen molar-refractivity contribution in [2.75, 3.05) is 0 Å². The van der Waals surface area contributed by atoms with Crippen molar-refractivity contribution in [2.45, 2.75) is 0 Å². The van der Waals surface area contributed by atoms with Gasteiger partial charge in [0.25, 0.3) is 0 Å². The highest BCUT2D eigenvalue weighted by Gasteiger charge is 2.23. The van der Waals surface area contributed by atoms with Crippen LogP contribution in [0.5, 0.6) is 5.75 Å². The van der Waals surface area contributed by atoms with Gasteiger partial charge in [-0.15, -0.1) is 0 Å². The lowest BCUT2D eigenvalue weighted by Crippen LogP contribution is -2.01. The van der Waals surface area contributed by atoms with E-state index in [0.29, 0.717) is 10.9 Å². The Morgan fingerprint density at radius 3 is 2.15 bits per heavy atom. The highest BCUT2D eigenvalue weighted by atomic mass is 31.1. The first-order valence-electron chi connectivity index (χ1n) is 6.15. The summed E-state index contributed by atoms with van der Waals surface area (Å²) in [5, 5.41) is 11.9. The average molecular weight is 283 g/mol. The maximum Gasteiger partial charge on any atom is 0.546 e. The number of benzene rings is 3. The molecule has 0 fully saturated rings. The van der Waals surface area contributed by atoms with Crippen LogP contribution in [-0.2, 0) is 4.57 Å². The fourth-order valence-electron chi connectivity index (χ4n) is 2.39. The van der Waals surface area contributed by atoms with Crippen LogP contribution < -0.4 is 5.30 Å². The van der Waals surface area contributed by atoms with Gasteiger partial charge in [-0.3, -0.25) is 0 Å². The van der Waals surface area contributed by atoms with Crippen molar-refractivity contribution in [3.63, 3.8) is 0 Å². The third-order valence-electron chi connectivity index (χ3n) is 3.30. The average Bonchev–Trinajstić information content (AvgIpc) is 2.48. The zero-order chi connectivity index (χ0) is 14.1. The first-order chi connectivity index (χ1) is 9.68. The Balaban J connectivity index is 2.37. The molecule has 3 nitrogen and oxygen atoms in total. The van der Waals surface area contributed by atoms with Crippen LogP contribution in [0.1, 0.15) is 0 Å². The van der Waals surface area contributed by atoms with Gasteiger partial charge in [-0.05, 0) is 39.8 Å². The molecule has 0 aliphatic rings. The predicted molar refractivity (Wildman–Crippen MR) is 80.5 cm³/mol. The first-order valence-corrected chi connectivity index (χ1v) is 7.36. The van der Waals surface area contributed by atoms with Crippen molar-refractivity contribution >= 4 is 24.1 Å². The van der Waals surface area contributed by atoms with Crippen LogP contribution in [0.4, 0.5) is 0 Å². The van der Waals surface area contributed by atoms with E-state index in [2.05, 4.69) is 0 Å². The van der Waals surface area contributed by atoms with Crippen LogP contribution >= 0.6 is 8.03 Å². The molecule has 0 aliphatic heterocycles. The number of aromatic hydroxyl groups is 1. The maximum absolute atomic E-state index is 11.5. The zero-order valence-electron chi connectivity index (χ0n) is 10.5. The highest BCUT2D eigenvalue weighted by Crippen LogP contribution is 2.35. The molecule has 2 N–H and O–H groups in total. The van der Waals surface area contributed by atoms with Crippen LogP contribution in [0.25, 0.3) is 21.9 Å². The minimum Gasteiger partial charge on any atom is -0.507 e. The number of phenols is 1. The van der Waals surface area contributed by atoms with E-state index in [1.165, 1.54) is 0 Å². The first kappa shape index (κ1) is 12.8. The zero-order valence-corrected chi connectivity index (χ0v) is 11.4. The summed E-state index contributed by atoms with van der Waals surface area (Å²) in [5.74, 6) is 0.204. The van der Waals surface area contributed by atoms with E-state index in [-0.39, 0.29) is 5.75 Å². The number of hydrogen-bond donors (Lipinski definition) is 2. The van der Waals surface area contributed by atoms with Gasteiger partial charge in [-0.1, -0.05) is 36.4 Å². The molecule has 3 rings (SSSR count). The number of fused-ring (bicyclic) bond motifs is 1. The summed E-state index contributed by atoms with van der Waals surface area (Å²) >= 11 is 0. The molecule has 98 valence electrons. The van der Waals surface area contributed by atoms with Crippen molar-refractivity contribution < 1.29 is 14.6 Å². The number of rotatable bonds is 2. The van der Waals surface area contributed by atoms with Gasteiger partial charge in [0.1, 0.15) is 5.75 Å². The largest absolute Gasteiger partial charge is 0.546 e. The van der Waals surface area contributed by atoms with Crippen LogP contribution in [0.2, 0.25) is 0 Å². The Morgan fingerprint density at radius 1 is 0.750 bits per heavy atom. The summed E-state index contributed by atoms with van der Waals surface area (Å²) in [6, 6.07) is 17.9. The molecule has 0 heterocycles. The van der Waals surface area contributed by atoms with Gasteiger partial charge in [0, 0.05) is 10.9 Å². The van der Waals surface area contributed by atoms with E-state index < -0.39 is 8.03 Å². The third kappa shape index (κ3) is 2.07. The van der Waals surface area contributed by atoms with Gasteiger partial charge >= 0.3 is 8.03 Å². The molecule has 1 atom stereocenters. The standard InChI is InChI=1S/C16H11O3P/c17-15-10-9-12(11-5-1-2-6-13(11)15)14-7-3-4-8-16(14)20(18)19/h1-10H,(H-,17,18,19)/p+1. The number of hydrogen-bond acceptors (Lipinski definition) is 2. The highest BCUT2D eigenvalue weighted by molar-refractivity contribution is 7.47. The van der Waals surface area contributed by atoms with E-state index in [1.54, 1.807) is 24.3 Å². The smallest absolute Gasteiger partial charge is 0.507 e. The second kappa shape index (κ2) is 5.04. The molecule has 0 saturated heterocycles. The molecule has 1 unspecified atom stereocenters. The maximum atomic E-state index is 11.5. The molecule has 0 amide bonds. The van der Waals surface area contributed by atoms with Crippen molar-refractivity contribution in [1.82, 2.24) is 0 Å². The van der Waals surface area contributed by atoms with Gasteiger partial charge in [0.15, 0.2) is 0 Å². The number of phenolic OH excluding ortho intramolecular Hbond substituents is 1. The van der Waals surface area contributed by atoms with E-state index in [0.717, 1.165) is 16.3 Å². The second-order valence-corrected chi connectivity index (χ2v) is 5.50. The Morgan fingerprint density at radius 2 is 1.40 bits per heavy atom. The van der Waals surface area contributed by atoms with Crippen molar-refractivity contribution in [3.05, 3.63) is 60.7 Å². The van der Waals surface area contributed by atoms with Crippen molar-refractivity contribution in [3.8, 4) is 16.9 Å². The lowest BCUT2D eigenvalue weighted by Gasteiger charge is -2.08.